The molecule has 96 valence electrons. The molecule has 0 aromatic carbocycles. The third-order valence-electron chi connectivity index (χ3n) is 1.62. The second-order valence-electron chi connectivity index (χ2n) is 5.88. The molecule has 0 aliphatic heterocycles. The fourth-order valence-electron chi connectivity index (χ4n) is 1.18. The van der Waals surface area contributed by atoms with Crippen molar-refractivity contribution < 1.29 is 8.85 Å². The van der Waals surface area contributed by atoms with Crippen molar-refractivity contribution in [1.29, 1.82) is 0 Å². The topological polar surface area (TPSA) is 31.4 Å². The number of hydrogen-bond donors (Lipinski definition) is 0. The molecule has 1 aromatic rings. The Morgan fingerprint density at radius 2 is 1.53 bits per heavy atom. The molecule has 1 heterocycles. The lowest BCUT2D eigenvalue weighted by atomic mass is 10.4. The van der Waals surface area contributed by atoms with Crippen molar-refractivity contribution in [2.24, 2.45) is 0 Å². The summed E-state index contributed by atoms with van der Waals surface area (Å²) in [6, 6.07) is 1.88. The minimum absolute atomic E-state index is 0.653. The summed E-state index contributed by atoms with van der Waals surface area (Å²) in [4.78, 5) is 4.26. The van der Waals surface area contributed by atoms with Crippen LogP contribution in [0.1, 0.15) is 0 Å². The molecule has 1 rings (SSSR count). The lowest BCUT2D eigenvalue weighted by molar-refractivity contribution is 0.514. The first-order valence-electron chi connectivity index (χ1n) is 5.60. The van der Waals surface area contributed by atoms with Gasteiger partial charge in [-0.25, -0.2) is 4.98 Å². The molecule has 0 aliphatic rings. The van der Waals surface area contributed by atoms with Gasteiger partial charge in [0.2, 0.25) is 22.5 Å². The Kier molecular flexibility index (Phi) is 4.43. The number of aromatic nitrogens is 1. The summed E-state index contributed by atoms with van der Waals surface area (Å²) in [6.07, 6.45) is 1.74. The van der Waals surface area contributed by atoms with Crippen LogP contribution >= 0.6 is 15.9 Å². The summed E-state index contributed by atoms with van der Waals surface area (Å²) in [5, 5.41) is 0. The van der Waals surface area contributed by atoms with Crippen LogP contribution in [0.2, 0.25) is 39.3 Å². The number of halogens is 1. The van der Waals surface area contributed by atoms with Gasteiger partial charge in [0, 0.05) is 12.3 Å². The molecule has 0 saturated carbocycles. The zero-order valence-electron chi connectivity index (χ0n) is 11.3. The van der Waals surface area contributed by atoms with Crippen molar-refractivity contribution in [2.75, 3.05) is 0 Å². The molecule has 1 aromatic heterocycles. The molecule has 0 radical (unpaired) electrons. The molecule has 6 heteroatoms. The fraction of sp³-hybridized carbons (Fsp3) is 0.545. The van der Waals surface area contributed by atoms with Crippen LogP contribution in [0.3, 0.4) is 0 Å². The maximum atomic E-state index is 5.98. The fourth-order valence-corrected chi connectivity index (χ4v) is 3.19. The van der Waals surface area contributed by atoms with Gasteiger partial charge < -0.3 is 8.85 Å². The Labute approximate surface area is 114 Å². The van der Waals surface area contributed by atoms with E-state index >= 15 is 0 Å². The molecule has 0 amide bonds. The zero-order chi connectivity index (χ0) is 13.3. The van der Waals surface area contributed by atoms with Crippen molar-refractivity contribution in [3.8, 4) is 11.6 Å². The van der Waals surface area contributed by atoms with Crippen LogP contribution in [0.25, 0.3) is 0 Å². The first-order valence-corrected chi connectivity index (χ1v) is 13.2. The highest BCUT2D eigenvalue weighted by molar-refractivity contribution is 9.10. The number of hydrogen-bond acceptors (Lipinski definition) is 3. The van der Waals surface area contributed by atoms with Crippen LogP contribution in [0.4, 0.5) is 0 Å². The standard InChI is InChI=1S/C11H20BrNO2Si2/c1-16(2,3)14-10-7-11(13-8-9(10)12)15-17(4,5)6/h7-8H,1-6H3. The van der Waals surface area contributed by atoms with E-state index in [-0.39, 0.29) is 0 Å². The molecule has 0 spiro atoms. The van der Waals surface area contributed by atoms with E-state index in [1.54, 1.807) is 6.20 Å². The highest BCUT2D eigenvalue weighted by Crippen LogP contribution is 2.30. The van der Waals surface area contributed by atoms with E-state index in [1.807, 2.05) is 6.07 Å². The molecule has 0 bridgehead atoms. The van der Waals surface area contributed by atoms with Gasteiger partial charge in [-0.15, -0.1) is 0 Å². The van der Waals surface area contributed by atoms with Crippen molar-refractivity contribution >= 4 is 32.6 Å². The van der Waals surface area contributed by atoms with Crippen LogP contribution in [0, 0.1) is 0 Å². The van der Waals surface area contributed by atoms with Gasteiger partial charge in [-0.3, -0.25) is 0 Å². The van der Waals surface area contributed by atoms with Gasteiger partial charge in [-0.05, 0) is 55.2 Å². The van der Waals surface area contributed by atoms with Gasteiger partial charge in [0.15, 0.2) is 0 Å². The first-order chi connectivity index (χ1) is 7.57. The monoisotopic (exact) mass is 333 g/mol. The Bertz CT molecular complexity index is 399. The molecular formula is C11H20BrNO2Si2. The Balaban J connectivity index is 2.95. The average Bonchev–Trinajstić information content (AvgIpc) is 2.05. The van der Waals surface area contributed by atoms with E-state index in [1.165, 1.54) is 0 Å². The van der Waals surface area contributed by atoms with Crippen molar-refractivity contribution in [1.82, 2.24) is 4.98 Å². The number of pyridine rings is 1. The van der Waals surface area contributed by atoms with Gasteiger partial charge in [0.05, 0.1) is 4.47 Å². The van der Waals surface area contributed by atoms with Gasteiger partial charge in [0.1, 0.15) is 5.75 Å². The minimum Gasteiger partial charge on any atom is -0.543 e. The molecule has 0 saturated heterocycles. The predicted octanol–water partition coefficient (Wildman–Crippen LogP) is 4.27. The summed E-state index contributed by atoms with van der Waals surface area (Å²) in [5.41, 5.74) is 0. The first kappa shape index (κ1) is 14.7. The summed E-state index contributed by atoms with van der Waals surface area (Å²) in [7, 11) is -3.23. The maximum Gasteiger partial charge on any atom is 0.244 e. The maximum absolute atomic E-state index is 5.98. The predicted molar refractivity (Wildman–Crippen MR) is 79.9 cm³/mol. The molecule has 3 nitrogen and oxygen atoms in total. The van der Waals surface area contributed by atoms with E-state index in [2.05, 4.69) is 60.2 Å². The molecule has 0 N–H and O–H groups in total. The third-order valence-corrected chi connectivity index (χ3v) is 3.87. The normalized spacial score (nSPS) is 12.4. The van der Waals surface area contributed by atoms with Gasteiger partial charge >= 0.3 is 0 Å². The van der Waals surface area contributed by atoms with E-state index in [4.69, 9.17) is 8.85 Å². The number of nitrogens with zero attached hydrogens (tertiary/aromatic N) is 1. The molecule has 0 atom stereocenters. The van der Waals surface area contributed by atoms with Gasteiger partial charge in [0.25, 0.3) is 0 Å². The smallest absolute Gasteiger partial charge is 0.244 e. The molecule has 0 unspecified atom stereocenters. The van der Waals surface area contributed by atoms with Crippen molar-refractivity contribution in [3.63, 3.8) is 0 Å². The molecule has 0 aliphatic carbocycles. The second-order valence-corrected chi connectivity index (χ2v) is 15.6. The van der Waals surface area contributed by atoms with Gasteiger partial charge in [-0.1, -0.05) is 0 Å². The van der Waals surface area contributed by atoms with Crippen LogP contribution in [0.5, 0.6) is 11.6 Å². The van der Waals surface area contributed by atoms with Gasteiger partial charge in [-0.2, -0.15) is 0 Å². The molecule has 0 fully saturated rings. The van der Waals surface area contributed by atoms with Crippen LogP contribution in [-0.4, -0.2) is 21.6 Å². The lowest BCUT2D eigenvalue weighted by Gasteiger charge is -2.22. The Morgan fingerprint density at radius 1 is 1.00 bits per heavy atom. The minimum atomic E-state index is -1.62. The SMILES string of the molecule is C[Si](C)(C)Oc1cc(O[Si](C)(C)C)c(Br)cn1. The Hall–Kier alpha value is -0.336. The average molecular weight is 334 g/mol. The second kappa shape index (κ2) is 5.11. The van der Waals surface area contributed by atoms with Crippen LogP contribution in [-0.2, 0) is 0 Å². The summed E-state index contributed by atoms with van der Waals surface area (Å²) >= 11 is 3.45. The number of rotatable bonds is 4. The molecule has 17 heavy (non-hydrogen) atoms. The Morgan fingerprint density at radius 3 is 2.00 bits per heavy atom. The van der Waals surface area contributed by atoms with Crippen LogP contribution < -0.4 is 8.85 Å². The van der Waals surface area contributed by atoms with E-state index in [9.17, 15) is 0 Å². The zero-order valence-corrected chi connectivity index (χ0v) is 14.9. The quantitative estimate of drug-likeness (QED) is 0.771. The van der Waals surface area contributed by atoms with Crippen molar-refractivity contribution in [2.45, 2.75) is 39.3 Å². The van der Waals surface area contributed by atoms with Crippen molar-refractivity contribution in [3.05, 3.63) is 16.7 Å². The van der Waals surface area contributed by atoms with Crippen LogP contribution in [0.15, 0.2) is 16.7 Å². The lowest BCUT2D eigenvalue weighted by Crippen LogP contribution is -2.31. The largest absolute Gasteiger partial charge is 0.543 e. The summed E-state index contributed by atoms with van der Waals surface area (Å²) in [5.74, 6) is 1.48. The highest BCUT2D eigenvalue weighted by atomic mass is 79.9. The van der Waals surface area contributed by atoms with E-state index in [0.717, 1.165) is 10.2 Å². The summed E-state index contributed by atoms with van der Waals surface area (Å²) in [6.45, 7) is 12.9. The summed E-state index contributed by atoms with van der Waals surface area (Å²) < 4.78 is 12.7. The molecular weight excluding hydrogens is 314 g/mol. The third kappa shape index (κ3) is 5.69. The van der Waals surface area contributed by atoms with E-state index < -0.39 is 16.6 Å². The highest BCUT2D eigenvalue weighted by Gasteiger charge is 2.21. The van der Waals surface area contributed by atoms with E-state index in [0.29, 0.717) is 5.88 Å².